The first-order chi connectivity index (χ1) is 16.9. The van der Waals surface area contributed by atoms with Crippen LogP contribution in [0.25, 0.3) is 5.69 Å². The highest BCUT2D eigenvalue weighted by Crippen LogP contribution is 2.36. The number of halogens is 2. The van der Waals surface area contributed by atoms with Crippen LogP contribution in [-0.4, -0.2) is 45.4 Å². The molecule has 1 fully saturated rings. The molecule has 1 unspecified atom stereocenters. The first-order valence-corrected chi connectivity index (χ1v) is 12.2. The number of benzene rings is 3. The number of aromatic nitrogens is 3. The van der Waals surface area contributed by atoms with Crippen molar-refractivity contribution in [2.24, 2.45) is 0 Å². The molecule has 178 valence electrons. The van der Waals surface area contributed by atoms with Crippen LogP contribution in [0.4, 0.5) is 5.69 Å². The molecule has 1 saturated heterocycles. The van der Waals surface area contributed by atoms with Gasteiger partial charge in [-0.15, -0.1) is 5.10 Å². The van der Waals surface area contributed by atoms with Gasteiger partial charge in [0.05, 0.1) is 28.1 Å². The molecular formula is C27H25Cl2N5O. The molecule has 1 aliphatic heterocycles. The van der Waals surface area contributed by atoms with Crippen LogP contribution in [0.2, 0.25) is 10.0 Å². The predicted molar refractivity (Wildman–Crippen MR) is 140 cm³/mol. The number of nitrogens with zero attached hydrogens (tertiary/aromatic N) is 5. The lowest BCUT2D eigenvalue weighted by Crippen LogP contribution is -2.51. The Morgan fingerprint density at radius 1 is 0.914 bits per heavy atom. The van der Waals surface area contributed by atoms with Gasteiger partial charge in [0, 0.05) is 24.7 Å². The number of carbonyl (C=O) groups is 1. The first kappa shape index (κ1) is 23.4. The van der Waals surface area contributed by atoms with E-state index in [1.165, 1.54) is 4.80 Å². The zero-order valence-electron chi connectivity index (χ0n) is 19.5. The van der Waals surface area contributed by atoms with Gasteiger partial charge in [-0.2, -0.15) is 9.90 Å². The largest absolute Gasteiger partial charge is 0.360 e. The number of aryl methyl sites for hydroxylation is 2. The molecule has 2 heterocycles. The number of rotatable bonds is 4. The molecule has 3 aromatic carbocycles. The summed E-state index contributed by atoms with van der Waals surface area (Å²) < 4.78 is 0. The molecule has 0 N–H and O–H groups in total. The number of para-hydroxylation sites is 1. The fourth-order valence-electron chi connectivity index (χ4n) is 4.47. The standard InChI is InChI=1S/C27H25Cl2N5O/c1-18-8-13-24(23(29)16-18)33-15-14-32(17-25(33)20-9-11-21(28)12-10-20)27(35)26-19(2)30-34(31-26)22-6-4-3-5-7-22/h3-13,16,25H,14-15,17H2,1-2H3. The van der Waals surface area contributed by atoms with Gasteiger partial charge < -0.3 is 9.80 Å². The number of hydrogen-bond donors (Lipinski definition) is 0. The molecule has 8 heteroatoms. The first-order valence-electron chi connectivity index (χ1n) is 11.5. The highest BCUT2D eigenvalue weighted by molar-refractivity contribution is 6.33. The quantitative estimate of drug-likeness (QED) is 0.346. The van der Waals surface area contributed by atoms with Crippen LogP contribution in [0.1, 0.15) is 33.4 Å². The Kier molecular flexibility index (Phi) is 6.50. The number of amides is 1. The Morgan fingerprint density at radius 2 is 1.66 bits per heavy atom. The van der Waals surface area contributed by atoms with Crippen molar-refractivity contribution in [2.45, 2.75) is 19.9 Å². The van der Waals surface area contributed by atoms with Crippen molar-refractivity contribution in [3.05, 3.63) is 105 Å². The van der Waals surface area contributed by atoms with Crippen molar-refractivity contribution in [1.29, 1.82) is 0 Å². The van der Waals surface area contributed by atoms with E-state index < -0.39 is 0 Å². The van der Waals surface area contributed by atoms with E-state index in [0.29, 0.717) is 41.1 Å². The van der Waals surface area contributed by atoms with Crippen LogP contribution >= 0.6 is 23.2 Å². The molecule has 0 bridgehead atoms. The van der Waals surface area contributed by atoms with Crippen LogP contribution in [0.3, 0.4) is 0 Å². The number of carbonyl (C=O) groups excluding carboxylic acids is 1. The van der Waals surface area contributed by atoms with Gasteiger partial charge >= 0.3 is 0 Å². The maximum Gasteiger partial charge on any atom is 0.276 e. The van der Waals surface area contributed by atoms with E-state index in [0.717, 1.165) is 22.5 Å². The summed E-state index contributed by atoms with van der Waals surface area (Å²) in [7, 11) is 0. The topological polar surface area (TPSA) is 54.3 Å². The molecule has 5 rings (SSSR count). The van der Waals surface area contributed by atoms with E-state index in [1.54, 1.807) is 0 Å². The zero-order chi connectivity index (χ0) is 24.5. The summed E-state index contributed by atoms with van der Waals surface area (Å²) in [5.41, 5.74) is 4.90. The van der Waals surface area contributed by atoms with Gasteiger partial charge in [-0.05, 0) is 61.4 Å². The normalized spacial score (nSPS) is 15.9. The lowest BCUT2D eigenvalue weighted by Gasteiger charge is -2.43. The third kappa shape index (κ3) is 4.77. The van der Waals surface area contributed by atoms with Crippen molar-refractivity contribution in [3.63, 3.8) is 0 Å². The van der Waals surface area contributed by atoms with Crippen molar-refractivity contribution < 1.29 is 4.79 Å². The minimum atomic E-state index is -0.127. The fourth-order valence-corrected chi connectivity index (χ4v) is 4.94. The molecular weight excluding hydrogens is 481 g/mol. The van der Waals surface area contributed by atoms with E-state index in [1.807, 2.05) is 85.5 Å². The highest BCUT2D eigenvalue weighted by Gasteiger charge is 2.34. The summed E-state index contributed by atoms with van der Waals surface area (Å²) in [6.07, 6.45) is 0. The third-order valence-corrected chi connectivity index (χ3v) is 6.86. The maximum absolute atomic E-state index is 13.6. The average molecular weight is 506 g/mol. The Labute approximate surface area is 214 Å². The van der Waals surface area contributed by atoms with Crippen LogP contribution in [0, 0.1) is 13.8 Å². The molecule has 1 aliphatic rings. The molecule has 1 amide bonds. The summed E-state index contributed by atoms with van der Waals surface area (Å²) in [4.78, 5) is 19.2. The van der Waals surface area contributed by atoms with Crippen molar-refractivity contribution in [2.75, 3.05) is 24.5 Å². The second-order valence-corrected chi connectivity index (χ2v) is 9.57. The smallest absolute Gasteiger partial charge is 0.276 e. The van der Waals surface area contributed by atoms with E-state index in [-0.39, 0.29) is 11.9 Å². The van der Waals surface area contributed by atoms with E-state index in [2.05, 4.69) is 21.2 Å². The highest BCUT2D eigenvalue weighted by atomic mass is 35.5. The second kappa shape index (κ2) is 9.72. The number of piperazine rings is 1. The SMILES string of the molecule is Cc1ccc(N2CCN(C(=O)c3nn(-c4ccccc4)nc3C)CC2c2ccc(Cl)cc2)c(Cl)c1. The molecule has 1 atom stereocenters. The summed E-state index contributed by atoms with van der Waals surface area (Å²) in [5.74, 6) is -0.127. The van der Waals surface area contributed by atoms with Crippen molar-refractivity contribution in [1.82, 2.24) is 19.9 Å². The number of anilines is 1. The fraction of sp³-hybridized carbons (Fsp3) is 0.222. The van der Waals surface area contributed by atoms with Gasteiger partial charge in [0.25, 0.3) is 5.91 Å². The third-order valence-electron chi connectivity index (χ3n) is 6.31. The van der Waals surface area contributed by atoms with Crippen LogP contribution in [-0.2, 0) is 0 Å². The molecule has 6 nitrogen and oxygen atoms in total. The average Bonchev–Trinajstić information content (AvgIpc) is 3.26. The Hall–Kier alpha value is -3.35. The molecule has 1 aromatic heterocycles. The van der Waals surface area contributed by atoms with Gasteiger partial charge in [-0.25, -0.2) is 0 Å². The lowest BCUT2D eigenvalue weighted by molar-refractivity contribution is 0.0714. The van der Waals surface area contributed by atoms with Gasteiger partial charge in [-0.3, -0.25) is 4.79 Å². The van der Waals surface area contributed by atoms with E-state index >= 15 is 0 Å². The molecule has 0 saturated carbocycles. The Balaban J connectivity index is 1.46. The lowest BCUT2D eigenvalue weighted by atomic mass is 10.0. The van der Waals surface area contributed by atoms with Crippen molar-refractivity contribution >= 4 is 34.8 Å². The number of hydrogen-bond acceptors (Lipinski definition) is 4. The Bertz CT molecular complexity index is 1350. The summed E-state index contributed by atoms with van der Waals surface area (Å²) in [6, 6.07) is 23.4. The van der Waals surface area contributed by atoms with Gasteiger partial charge in [0.1, 0.15) is 0 Å². The molecule has 0 aliphatic carbocycles. The second-order valence-electron chi connectivity index (χ2n) is 8.73. The molecule has 0 radical (unpaired) electrons. The zero-order valence-corrected chi connectivity index (χ0v) is 21.0. The monoisotopic (exact) mass is 505 g/mol. The van der Waals surface area contributed by atoms with Crippen molar-refractivity contribution in [3.8, 4) is 5.69 Å². The van der Waals surface area contributed by atoms with Crippen LogP contribution < -0.4 is 4.90 Å². The summed E-state index contributed by atoms with van der Waals surface area (Å²) in [5, 5.41) is 10.4. The maximum atomic E-state index is 13.6. The van der Waals surface area contributed by atoms with E-state index in [4.69, 9.17) is 23.2 Å². The Morgan fingerprint density at radius 3 is 2.37 bits per heavy atom. The van der Waals surface area contributed by atoms with Crippen LogP contribution in [0.5, 0.6) is 0 Å². The minimum absolute atomic E-state index is 0.0883. The van der Waals surface area contributed by atoms with Gasteiger partial charge in [0.2, 0.25) is 0 Å². The van der Waals surface area contributed by atoms with Gasteiger partial charge in [0.15, 0.2) is 5.69 Å². The van der Waals surface area contributed by atoms with E-state index in [9.17, 15) is 4.79 Å². The summed E-state index contributed by atoms with van der Waals surface area (Å²) >= 11 is 12.8. The summed E-state index contributed by atoms with van der Waals surface area (Å²) in [6.45, 7) is 5.51. The van der Waals surface area contributed by atoms with Crippen LogP contribution in [0.15, 0.2) is 72.8 Å². The molecule has 35 heavy (non-hydrogen) atoms. The molecule has 0 spiro atoms. The predicted octanol–water partition coefficient (Wildman–Crippen LogP) is 5.89. The minimum Gasteiger partial charge on any atom is -0.360 e. The molecule has 4 aromatic rings. The van der Waals surface area contributed by atoms with Gasteiger partial charge in [-0.1, -0.05) is 59.6 Å².